The molecule has 84 valence electrons. The summed E-state index contributed by atoms with van der Waals surface area (Å²) in [5.41, 5.74) is -0.636. The van der Waals surface area contributed by atoms with Crippen molar-refractivity contribution in [2.45, 2.75) is 45.6 Å². The normalized spacial score (nSPS) is 40.5. The molecule has 0 bridgehead atoms. The predicted molar refractivity (Wildman–Crippen MR) is 57.2 cm³/mol. The van der Waals surface area contributed by atoms with Gasteiger partial charge in [0.1, 0.15) is 0 Å². The van der Waals surface area contributed by atoms with Crippen LogP contribution in [-0.4, -0.2) is 17.2 Å². The Labute approximate surface area is 90.6 Å². The van der Waals surface area contributed by atoms with Crippen molar-refractivity contribution < 1.29 is 9.59 Å². The van der Waals surface area contributed by atoms with Gasteiger partial charge in [-0.3, -0.25) is 9.59 Å². The van der Waals surface area contributed by atoms with Gasteiger partial charge in [0.15, 0.2) is 5.78 Å². The highest BCUT2D eigenvalue weighted by atomic mass is 16.2. The lowest BCUT2D eigenvalue weighted by Gasteiger charge is -2.41. The molecule has 3 nitrogen and oxygen atoms in total. The number of piperidine rings is 1. The lowest BCUT2D eigenvalue weighted by atomic mass is 9.72. The lowest BCUT2D eigenvalue weighted by Crippen LogP contribution is -2.64. The van der Waals surface area contributed by atoms with Crippen molar-refractivity contribution in [3.63, 3.8) is 0 Å². The molecular weight excluding hydrogens is 190 g/mol. The van der Waals surface area contributed by atoms with Crippen molar-refractivity contribution >= 4 is 11.7 Å². The number of fused-ring (bicyclic) bond motifs is 1. The van der Waals surface area contributed by atoms with E-state index in [1.165, 1.54) is 0 Å². The lowest BCUT2D eigenvalue weighted by molar-refractivity contribution is -0.146. The Bertz CT molecular complexity index is 311. The molecule has 2 fully saturated rings. The smallest absolute Gasteiger partial charge is 0.224 e. The molecule has 1 amide bonds. The summed E-state index contributed by atoms with van der Waals surface area (Å²) in [6.07, 6.45) is 2.80. The number of hydrogen-bond donors (Lipinski definition) is 1. The first-order valence-corrected chi connectivity index (χ1v) is 5.83. The summed E-state index contributed by atoms with van der Waals surface area (Å²) in [7, 11) is 0. The number of Topliss-reactive ketones (excluding diaryl/α,β-unsaturated/α-hetero) is 1. The quantitative estimate of drug-likeness (QED) is 0.711. The molecule has 1 saturated carbocycles. The van der Waals surface area contributed by atoms with Crippen LogP contribution in [0.15, 0.2) is 0 Å². The van der Waals surface area contributed by atoms with Crippen molar-refractivity contribution in [2.24, 2.45) is 17.8 Å². The Morgan fingerprint density at radius 1 is 1.27 bits per heavy atom. The number of amides is 1. The molecule has 1 saturated heterocycles. The SMILES string of the molecule is CC(C)[C@]1(C)NC(=O)[C@@H]2CCCC2C1=O. The maximum absolute atomic E-state index is 12.3. The fourth-order valence-electron chi connectivity index (χ4n) is 2.81. The third-order valence-electron chi connectivity index (χ3n) is 4.24. The molecule has 0 spiro atoms. The zero-order valence-electron chi connectivity index (χ0n) is 9.67. The van der Waals surface area contributed by atoms with Crippen LogP contribution in [0.2, 0.25) is 0 Å². The van der Waals surface area contributed by atoms with Gasteiger partial charge < -0.3 is 5.32 Å². The van der Waals surface area contributed by atoms with Crippen LogP contribution >= 0.6 is 0 Å². The summed E-state index contributed by atoms with van der Waals surface area (Å²) < 4.78 is 0. The van der Waals surface area contributed by atoms with E-state index in [9.17, 15) is 9.59 Å². The van der Waals surface area contributed by atoms with E-state index in [0.29, 0.717) is 0 Å². The molecular formula is C12H19NO2. The van der Waals surface area contributed by atoms with Crippen LogP contribution < -0.4 is 5.32 Å². The molecule has 1 aliphatic heterocycles. The molecule has 0 aromatic rings. The molecule has 1 N–H and O–H groups in total. The van der Waals surface area contributed by atoms with E-state index in [0.717, 1.165) is 19.3 Å². The monoisotopic (exact) mass is 209 g/mol. The average Bonchev–Trinajstić information content (AvgIpc) is 2.62. The summed E-state index contributed by atoms with van der Waals surface area (Å²) in [6.45, 7) is 5.85. The van der Waals surface area contributed by atoms with Gasteiger partial charge in [-0.1, -0.05) is 20.3 Å². The number of rotatable bonds is 1. The van der Waals surface area contributed by atoms with E-state index in [-0.39, 0.29) is 29.4 Å². The highest BCUT2D eigenvalue weighted by Gasteiger charge is 2.52. The maximum atomic E-state index is 12.3. The second kappa shape index (κ2) is 3.32. The van der Waals surface area contributed by atoms with Gasteiger partial charge in [0.25, 0.3) is 0 Å². The van der Waals surface area contributed by atoms with Crippen molar-refractivity contribution in [3.8, 4) is 0 Å². The molecule has 2 rings (SSSR count). The van der Waals surface area contributed by atoms with Crippen molar-refractivity contribution in [1.82, 2.24) is 5.32 Å². The molecule has 15 heavy (non-hydrogen) atoms. The number of nitrogens with one attached hydrogen (secondary N) is 1. The summed E-state index contributed by atoms with van der Waals surface area (Å²) in [6, 6.07) is 0. The first-order valence-electron chi connectivity index (χ1n) is 5.83. The van der Waals surface area contributed by atoms with E-state index in [2.05, 4.69) is 5.32 Å². The second-order valence-corrected chi connectivity index (χ2v) is 5.35. The topological polar surface area (TPSA) is 46.2 Å². The average molecular weight is 209 g/mol. The Kier molecular flexibility index (Phi) is 2.36. The molecule has 3 heteroatoms. The second-order valence-electron chi connectivity index (χ2n) is 5.35. The van der Waals surface area contributed by atoms with Crippen molar-refractivity contribution in [1.29, 1.82) is 0 Å². The summed E-state index contributed by atoms with van der Waals surface area (Å²) in [5, 5.41) is 2.92. The van der Waals surface area contributed by atoms with Crippen LogP contribution in [0.4, 0.5) is 0 Å². The molecule has 0 radical (unpaired) electrons. The molecule has 0 aromatic carbocycles. The minimum Gasteiger partial charge on any atom is -0.343 e. The Morgan fingerprint density at radius 2 is 1.87 bits per heavy atom. The highest BCUT2D eigenvalue weighted by molar-refractivity contribution is 6.01. The van der Waals surface area contributed by atoms with E-state index >= 15 is 0 Å². The van der Waals surface area contributed by atoms with E-state index in [1.54, 1.807) is 0 Å². The largest absolute Gasteiger partial charge is 0.343 e. The number of ketones is 1. The summed E-state index contributed by atoms with van der Waals surface area (Å²) >= 11 is 0. The van der Waals surface area contributed by atoms with Crippen LogP contribution in [0.1, 0.15) is 40.0 Å². The zero-order chi connectivity index (χ0) is 11.2. The molecule has 1 aliphatic carbocycles. The molecule has 2 aliphatic rings. The van der Waals surface area contributed by atoms with Crippen LogP contribution in [0.5, 0.6) is 0 Å². The Morgan fingerprint density at radius 3 is 2.47 bits per heavy atom. The van der Waals surface area contributed by atoms with E-state index < -0.39 is 5.54 Å². The standard InChI is InChI=1S/C12H19NO2/c1-7(2)12(3)10(14)8-5-4-6-9(8)11(15)13-12/h7-9H,4-6H2,1-3H3,(H,13,15)/t8?,9-,12+/m1/s1. The van der Waals surface area contributed by atoms with Gasteiger partial charge in [0, 0.05) is 11.8 Å². The van der Waals surface area contributed by atoms with Crippen molar-refractivity contribution in [3.05, 3.63) is 0 Å². The van der Waals surface area contributed by atoms with Crippen molar-refractivity contribution in [2.75, 3.05) is 0 Å². The molecule has 1 unspecified atom stereocenters. The number of carbonyl (C=O) groups excluding carboxylic acids is 2. The first-order chi connectivity index (χ1) is 6.97. The van der Waals surface area contributed by atoms with E-state index in [1.807, 2.05) is 20.8 Å². The summed E-state index contributed by atoms with van der Waals surface area (Å²) in [5.74, 6) is 0.457. The van der Waals surface area contributed by atoms with Crippen LogP contribution in [0.25, 0.3) is 0 Å². The fraction of sp³-hybridized carbons (Fsp3) is 0.833. The van der Waals surface area contributed by atoms with Crippen LogP contribution in [-0.2, 0) is 9.59 Å². The van der Waals surface area contributed by atoms with Gasteiger partial charge in [-0.25, -0.2) is 0 Å². The Hall–Kier alpha value is -0.860. The predicted octanol–water partition coefficient (Wildman–Crippen LogP) is 1.52. The highest BCUT2D eigenvalue weighted by Crippen LogP contribution is 2.40. The minimum atomic E-state index is -0.636. The first kappa shape index (κ1) is 10.7. The maximum Gasteiger partial charge on any atom is 0.224 e. The third kappa shape index (κ3) is 1.40. The Balaban J connectivity index is 2.32. The van der Waals surface area contributed by atoms with Gasteiger partial charge in [-0.2, -0.15) is 0 Å². The van der Waals surface area contributed by atoms with Crippen LogP contribution in [0, 0.1) is 17.8 Å². The fourth-order valence-corrected chi connectivity index (χ4v) is 2.81. The van der Waals surface area contributed by atoms with E-state index in [4.69, 9.17) is 0 Å². The number of carbonyl (C=O) groups is 2. The molecule has 1 heterocycles. The number of hydrogen-bond acceptors (Lipinski definition) is 2. The van der Waals surface area contributed by atoms with Crippen LogP contribution in [0.3, 0.4) is 0 Å². The minimum absolute atomic E-state index is 0.00819. The third-order valence-corrected chi connectivity index (χ3v) is 4.24. The van der Waals surface area contributed by atoms with Gasteiger partial charge >= 0.3 is 0 Å². The zero-order valence-corrected chi connectivity index (χ0v) is 9.67. The van der Waals surface area contributed by atoms with Gasteiger partial charge in [0.2, 0.25) is 5.91 Å². The van der Waals surface area contributed by atoms with Gasteiger partial charge in [-0.05, 0) is 25.7 Å². The van der Waals surface area contributed by atoms with Gasteiger partial charge in [0.05, 0.1) is 5.54 Å². The van der Waals surface area contributed by atoms with Gasteiger partial charge in [-0.15, -0.1) is 0 Å². The molecule has 3 atom stereocenters. The molecule has 0 aromatic heterocycles. The summed E-state index contributed by atoms with van der Waals surface area (Å²) in [4.78, 5) is 24.2.